The lowest BCUT2D eigenvalue weighted by molar-refractivity contribution is -0.117. The van der Waals surface area contributed by atoms with E-state index in [9.17, 15) is 4.79 Å². The number of benzene rings is 2. The van der Waals surface area contributed by atoms with Gasteiger partial charge in [0.05, 0.1) is 40.4 Å². The fraction of sp³-hybridized carbons (Fsp3) is 0.321. The van der Waals surface area contributed by atoms with Crippen molar-refractivity contribution in [3.63, 3.8) is 0 Å². The van der Waals surface area contributed by atoms with Gasteiger partial charge in [-0.3, -0.25) is 9.48 Å². The number of fused-ring (bicyclic) bond motifs is 4. The average Bonchev–Trinajstić information content (AvgIpc) is 3.43. The number of nitrogens with one attached hydrogen (secondary N) is 1. The number of hydrogen-bond donors (Lipinski definition) is 2. The van der Waals surface area contributed by atoms with E-state index in [2.05, 4.69) is 70.4 Å². The highest BCUT2D eigenvalue weighted by Gasteiger charge is 2.22. The number of aromatic amines is 1. The van der Waals surface area contributed by atoms with Gasteiger partial charge in [-0.05, 0) is 68.9 Å². The molecule has 0 atom stereocenters. The second-order valence-electron chi connectivity index (χ2n) is 10.1. The highest BCUT2D eigenvalue weighted by atomic mass is 16.1. The molecule has 0 saturated carbocycles. The van der Waals surface area contributed by atoms with Crippen LogP contribution in [0.15, 0.2) is 48.7 Å². The molecule has 1 aliphatic rings. The van der Waals surface area contributed by atoms with Crippen molar-refractivity contribution in [2.24, 2.45) is 12.8 Å². The van der Waals surface area contributed by atoms with Gasteiger partial charge in [-0.25, -0.2) is 4.98 Å². The van der Waals surface area contributed by atoms with Crippen LogP contribution in [0.2, 0.25) is 0 Å². The Morgan fingerprint density at radius 2 is 1.94 bits per heavy atom. The van der Waals surface area contributed by atoms with Crippen LogP contribution in [0.5, 0.6) is 0 Å². The summed E-state index contributed by atoms with van der Waals surface area (Å²) in [6.07, 6.45) is 4.33. The zero-order valence-electron chi connectivity index (χ0n) is 21.0. The Morgan fingerprint density at radius 1 is 1.14 bits per heavy atom. The SMILES string of the molecule is CN(C)C1CCN(c2ccc3c(c2)[nH]c2c(CC(N)=O)cc(-c4ccc5c(cnn5C)c4)nc23)CC1. The largest absolute Gasteiger partial charge is 0.371 e. The van der Waals surface area contributed by atoms with E-state index < -0.39 is 0 Å². The Balaban J connectivity index is 1.44. The van der Waals surface area contributed by atoms with Gasteiger partial charge < -0.3 is 20.5 Å². The molecule has 1 amide bonds. The van der Waals surface area contributed by atoms with Gasteiger partial charge in [-0.15, -0.1) is 0 Å². The maximum atomic E-state index is 12.0. The van der Waals surface area contributed by atoms with E-state index in [0.717, 1.165) is 75.6 Å². The number of aromatic nitrogens is 4. The van der Waals surface area contributed by atoms with E-state index in [1.807, 2.05) is 24.0 Å². The fourth-order valence-corrected chi connectivity index (χ4v) is 5.54. The summed E-state index contributed by atoms with van der Waals surface area (Å²) in [6.45, 7) is 2.08. The van der Waals surface area contributed by atoms with Crippen molar-refractivity contribution in [1.82, 2.24) is 24.6 Å². The van der Waals surface area contributed by atoms with E-state index in [0.29, 0.717) is 6.04 Å². The first-order valence-corrected chi connectivity index (χ1v) is 12.4. The molecule has 36 heavy (non-hydrogen) atoms. The van der Waals surface area contributed by atoms with E-state index >= 15 is 0 Å². The lowest BCUT2D eigenvalue weighted by atomic mass is 10.0. The topological polar surface area (TPSA) is 96.1 Å². The van der Waals surface area contributed by atoms with Gasteiger partial charge in [-0.2, -0.15) is 5.10 Å². The first-order chi connectivity index (χ1) is 17.4. The van der Waals surface area contributed by atoms with Crippen LogP contribution in [-0.4, -0.2) is 63.8 Å². The quantitative estimate of drug-likeness (QED) is 0.398. The summed E-state index contributed by atoms with van der Waals surface area (Å²) in [4.78, 5) is 25.3. The normalized spacial score (nSPS) is 15.1. The van der Waals surface area contributed by atoms with Gasteiger partial charge in [0, 0.05) is 48.2 Å². The molecule has 0 aliphatic carbocycles. The molecular formula is C28H31N7O. The maximum absolute atomic E-state index is 12.0. The molecule has 8 heteroatoms. The Hall–Kier alpha value is -3.91. The van der Waals surface area contributed by atoms with Crippen molar-refractivity contribution in [1.29, 1.82) is 0 Å². The van der Waals surface area contributed by atoms with Crippen LogP contribution >= 0.6 is 0 Å². The first-order valence-electron chi connectivity index (χ1n) is 12.4. The minimum absolute atomic E-state index is 0.152. The van der Waals surface area contributed by atoms with Gasteiger partial charge >= 0.3 is 0 Å². The number of H-pyrrole nitrogens is 1. The molecule has 6 rings (SSSR count). The molecule has 0 radical (unpaired) electrons. The number of carbonyl (C=O) groups is 1. The summed E-state index contributed by atoms with van der Waals surface area (Å²) in [5, 5.41) is 6.45. The van der Waals surface area contributed by atoms with Crippen LogP contribution in [0, 0.1) is 0 Å². The molecule has 184 valence electrons. The van der Waals surface area contributed by atoms with Crippen LogP contribution < -0.4 is 10.6 Å². The molecule has 0 spiro atoms. The molecule has 1 fully saturated rings. The summed E-state index contributed by atoms with van der Waals surface area (Å²) >= 11 is 0. The van der Waals surface area contributed by atoms with Gasteiger partial charge in [0.1, 0.15) is 0 Å². The standard InChI is InChI=1S/C28H31N7O/c1-33(2)20-8-10-35(11-9-20)21-5-6-22-24(15-21)32-27-18(14-26(29)36)13-23(31-28(22)27)17-4-7-25-19(12-17)16-30-34(25)3/h4-7,12-13,15-16,20,32H,8-11,14H2,1-3H3,(H2,29,36). The molecule has 2 aromatic carbocycles. The third-order valence-electron chi connectivity index (χ3n) is 7.59. The van der Waals surface area contributed by atoms with E-state index in [1.165, 1.54) is 5.69 Å². The predicted molar refractivity (Wildman–Crippen MR) is 145 cm³/mol. The molecule has 3 aromatic heterocycles. The van der Waals surface area contributed by atoms with Crippen molar-refractivity contribution in [3.8, 4) is 11.3 Å². The summed E-state index contributed by atoms with van der Waals surface area (Å²) in [5.74, 6) is -0.362. The van der Waals surface area contributed by atoms with Gasteiger partial charge in [0.2, 0.25) is 5.91 Å². The Morgan fingerprint density at radius 3 is 2.69 bits per heavy atom. The third-order valence-corrected chi connectivity index (χ3v) is 7.59. The number of carbonyl (C=O) groups excluding carboxylic acids is 1. The monoisotopic (exact) mass is 481 g/mol. The zero-order valence-corrected chi connectivity index (χ0v) is 21.0. The smallest absolute Gasteiger partial charge is 0.221 e. The molecule has 5 aromatic rings. The number of rotatable bonds is 5. The van der Waals surface area contributed by atoms with Crippen molar-refractivity contribution in [2.75, 3.05) is 32.1 Å². The van der Waals surface area contributed by atoms with E-state index in [1.54, 1.807) is 0 Å². The Labute approximate surface area is 209 Å². The maximum Gasteiger partial charge on any atom is 0.221 e. The highest BCUT2D eigenvalue weighted by Crippen LogP contribution is 2.34. The number of anilines is 1. The number of amides is 1. The number of nitrogens with zero attached hydrogens (tertiary/aromatic N) is 5. The number of pyridine rings is 1. The Bertz CT molecular complexity index is 1610. The third kappa shape index (κ3) is 3.87. The van der Waals surface area contributed by atoms with Crippen LogP contribution in [0.4, 0.5) is 5.69 Å². The minimum Gasteiger partial charge on any atom is -0.371 e. The zero-order chi connectivity index (χ0) is 25.0. The van der Waals surface area contributed by atoms with Crippen molar-refractivity contribution in [3.05, 3.63) is 54.2 Å². The first kappa shape index (κ1) is 22.5. The minimum atomic E-state index is -0.362. The number of hydrogen-bond acceptors (Lipinski definition) is 5. The predicted octanol–water partition coefficient (Wildman–Crippen LogP) is 3.83. The number of primary amides is 1. The number of aryl methyl sites for hydroxylation is 1. The summed E-state index contributed by atoms with van der Waals surface area (Å²) < 4.78 is 1.86. The molecule has 4 heterocycles. The van der Waals surface area contributed by atoms with E-state index in [4.69, 9.17) is 10.7 Å². The fourth-order valence-electron chi connectivity index (χ4n) is 5.54. The summed E-state index contributed by atoms with van der Waals surface area (Å²) in [7, 11) is 6.26. The molecule has 1 saturated heterocycles. The van der Waals surface area contributed by atoms with E-state index in [-0.39, 0.29) is 12.3 Å². The molecule has 1 aliphatic heterocycles. The van der Waals surface area contributed by atoms with Crippen molar-refractivity contribution >= 4 is 44.4 Å². The van der Waals surface area contributed by atoms with Crippen LogP contribution in [0.3, 0.4) is 0 Å². The summed E-state index contributed by atoms with van der Waals surface area (Å²) in [6, 6.07) is 15.4. The van der Waals surface area contributed by atoms with Crippen LogP contribution in [0.1, 0.15) is 18.4 Å². The molecule has 3 N–H and O–H groups in total. The van der Waals surface area contributed by atoms with Gasteiger partial charge in [-0.1, -0.05) is 6.07 Å². The molecule has 0 bridgehead atoms. The second-order valence-corrected chi connectivity index (χ2v) is 10.1. The number of piperidine rings is 1. The van der Waals surface area contributed by atoms with Crippen molar-refractivity contribution < 1.29 is 4.79 Å². The molecule has 8 nitrogen and oxygen atoms in total. The Kier molecular flexibility index (Phi) is 5.41. The van der Waals surface area contributed by atoms with Gasteiger partial charge in [0.15, 0.2) is 0 Å². The highest BCUT2D eigenvalue weighted by molar-refractivity contribution is 6.08. The summed E-state index contributed by atoms with van der Waals surface area (Å²) in [5.41, 5.74) is 13.3. The van der Waals surface area contributed by atoms with Gasteiger partial charge in [0.25, 0.3) is 0 Å². The van der Waals surface area contributed by atoms with Crippen LogP contribution in [0.25, 0.3) is 44.1 Å². The van der Waals surface area contributed by atoms with Crippen LogP contribution in [-0.2, 0) is 18.3 Å². The lowest BCUT2D eigenvalue weighted by Crippen LogP contribution is -2.41. The van der Waals surface area contributed by atoms with Crippen molar-refractivity contribution in [2.45, 2.75) is 25.3 Å². The number of nitrogens with two attached hydrogens (primary N) is 1. The molecular weight excluding hydrogens is 450 g/mol. The second kappa shape index (κ2) is 8.64. The average molecular weight is 482 g/mol. The molecule has 0 unspecified atom stereocenters. The lowest BCUT2D eigenvalue weighted by Gasteiger charge is -2.36.